The summed E-state index contributed by atoms with van der Waals surface area (Å²) in [6, 6.07) is 11.8. The molecule has 0 saturated heterocycles. The van der Waals surface area contributed by atoms with Crippen molar-refractivity contribution in [1.82, 2.24) is 5.43 Å². The van der Waals surface area contributed by atoms with Crippen LogP contribution in [0.1, 0.15) is 43.0 Å². The van der Waals surface area contributed by atoms with Crippen molar-refractivity contribution >= 4 is 23.4 Å². The Morgan fingerprint density at radius 1 is 1.21 bits per heavy atom. The number of hydrogen-bond donors (Lipinski definition) is 1. The molecule has 29 heavy (non-hydrogen) atoms. The predicted octanol–water partition coefficient (Wildman–Crippen LogP) is 4.33. The second-order valence-electron chi connectivity index (χ2n) is 8.08. The average molecular weight is 392 g/mol. The number of likely N-dealkylation sites (N-methyl/N-ethyl adjacent to an activating group) is 1. The first-order valence-corrected chi connectivity index (χ1v) is 9.74. The maximum absolute atomic E-state index is 12.2. The Bertz CT molecular complexity index is 972. The third-order valence-electron chi connectivity index (χ3n) is 5.52. The Morgan fingerprint density at radius 2 is 1.90 bits per heavy atom. The molecule has 0 spiro atoms. The Balaban J connectivity index is 1.71. The van der Waals surface area contributed by atoms with Crippen molar-refractivity contribution in [3.63, 3.8) is 0 Å². The minimum absolute atomic E-state index is 0.0193. The molecule has 1 N–H and O–H groups in total. The number of rotatable bonds is 5. The molecule has 0 saturated carbocycles. The van der Waals surface area contributed by atoms with Gasteiger partial charge in [-0.15, -0.1) is 0 Å². The summed E-state index contributed by atoms with van der Waals surface area (Å²) in [5, 5.41) is 4.17. The number of aryl methyl sites for hydroxylation is 1. The summed E-state index contributed by atoms with van der Waals surface area (Å²) in [6.45, 7) is 8.63. The van der Waals surface area contributed by atoms with Gasteiger partial charge in [0.15, 0.2) is 0 Å². The first-order chi connectivity index (χ1) is 13.7. The van der Waals surface area contributed by atoms with E-state index in [4.69, 9.17) is 4.74 Å². The van der Waals surface area contributed by atoms with Gasteiger partial charge in [-0.25, -0.2) is 5.43 Å². The van der Waals surface area contributed by atoms with Crippen LogP contribution in [-0.4, -0.2) is 31.8 Å². The largest absolute Gasteiger partial charge is 0.497 e. The fourth-order valence-corrected chi connectivity index (χ4v) is 3.60. The monoisotopic (exact) mass is 391 g/mol. The highest BCUT2D eigenvalue weighted by Gasteiger charge is 2.28. The van der Waals surface area contributed by atoms with Crippen LogP contribution < -0.4 is 15.1 Å². The summed E-state index contributed by atoms with van der Waals surface area (Å²) >= 11 is 0. The standard InChI is InChI=1S/C24H29N3O2/c1-16-11-22-21(17(2)14-24(3,4)27(22)5)13-19(16)15-25-26-23(28)12-18-7-9-20(29-6)10-8-18/h7-11,13-15H,12H2,1-6H3,(H,26,28)/b25-15-. The number of carbonyl (C=O) groups is 1. The molecular formula is C24H29N3O2. The molecule has 3 rings (SSSR count). The van der Waals surface area contributed by atoms with Gasteiger partial charge in [0, 0.05) is 18.3 Å². The van der Waals surface area contributed by atoms with E-state index in [1.165, 1.54) is 16.8 Å². The number of ether oxygens (including phenoxy) is 1. The molecule has 0 bridgehead atoms. The lowest BCUT2D eigenvalue weighted by Crippen LogP contribution is -2.42. The minimum Gasteiger partial charge on any atom is -0.497 e. The van der Waals surface area contributed by atoms with Crippen molar-refractivity contribution in [2.45, 2.75) is 39.7 Å². The number of allylic oxidation sites excluding steroid dienone is 1. The van der Waals surface area contributed by atoms with Gasteiger partial charge >= 0.3 is 0 Å². The molecule has 0 aliphatic carbocycles. The van der Waals surface area contributed by atoms with E-state index >= 15 is 0 Å². The highest BCUT2D eigenvalue weighted by atomic mass is 16.5. The number of fused-ring (bicyclic) bond motifs is 1. The molecule has 0 fully saturated rings. The molecular weight excluding hydrogens is 362 g/mol. The van der Waals surface area contributed by atoms with Crippen LogP contribution in [0.15, 0.2) is 47.6 Å². The maximum atomic E-state index is 12.2. The molecule has 1 amide bonds. The summed E-state index contributed by atoms with van der Waals surface area (Å²) in [6.07, 6.45) is 4.27. The van der Waals surface area contributed by atoms with Gasteiger partial charge in [-0.2, -0.15) is 5.10 Å². The maximum Gasteiger partial charge on any atom is 0.244 e. The fourth-order valence-electron chi connectivity index (χ4n) is 3.60. The van der Waals surface area contributed by atoms with Gasteiger partial charge in [-0.1, -0.05) is 18.2 Å². The normalized spacial score (nSPS) is 15.1. The van der Waals surface area contributed by atoms with E-state index in [-0.39, 0.29) is 17.9 Å². The zero-order valence-corrected chi connectivity index (χ0v) is 18.0. The number of amides is 1. The van der Waals surface area contributed by atoms with Crippen LogP contribution in [0.25, 0.3) is 5.57 Å². The van der Waals surface area contributed by atoms with Gasteiger partial charge < -0.3 is 9.64 Å². The Labute approximate surface area is 173 Å². The zero-order valence-electron chi connectivity index (χ0n) is 18.0. The van der Waals surface area contributed by atoms with Crippen molar-refractivity contribution in [2.75, 3.05) is 19.1 Å². The lowest BCUT2D eigenvalue weighted by atomic mass is 9.87. The smallest absolute Gasteiger partial charge is 0.244 e. The molecule has 1 heterocycles. The molecule has 2 aromatic carbocycles. The van der Waals surface area contributed by atoms with Gasteiger partial charge in [-0.3, -0.25) is 4.79 Å². The summed E-state index contributed by atoms with van der Waals surface area (Å²) in [5.74, 6) is 0.619. The summed E-state index contributed by atoms with van der Waals surface area (Å²) in [4.78, 5) is 14.5. The van der Waals surface area contributed by atoms with Crippen LogP contribution in [0.4, 0.5) is 5.69 Å². The molecule has 0 aromatic heterocycles. The molecule has 2 aromatic rings. The molecule has 0 radical (unpaired) electrons. The summed E-state index contributed by atoms with van der Waals surface area (Å²) in [7, 11) is 3.74. The van der Waals surface area contributed by atoms with E-state index < -0.39 is 0 Å². The quantitative estimate of drug-likeness (QED) is 0.610. The van der Waals surface area contributed by atoms with Crippen LogP contribution in [0.5, 0.6) is 5.75 Å². The molecule has 1 aliphatic rings. The van der Waals surface area contributed by atoms with Crippen LogP contribution >= 0.6 is 0 Å². The molecule has 0 unspecified atom stereocenters. The number of benzene rings is 2. The SMILES string of the molecule is COc1ccc(CC(=O)N/N=C\c2cc3c(cc2C)N(C)C(C)(C)C=C3C)cc1. The van der Waals surface area contributed by atoms with Gasteiger partial charge in [0.1, 0.15) is 5.75 Å². The number of hydrazone groups is 1. The number of carbonyl (C=O) groups excluding carboxylic acids is 1. The second-order valence-corrected chi connectivity index (χ2v) is 8.08. The fraction of sp³-hybridized carbons (Fsp3) is 0.333. The van der Waals surface area contributed by atoms with Crippen molar-refractivity contribution in [3.05, 3.63) is 64.7 Å². The average Bonchev–Trinajstić information content (AvgIpc) is 2.67. The third-order valence-corrected chi connectivity index (χ3v) is 5.52. The number of nitrogens with zero attached hydrogens (tertiary/aromatic N) is 2. The van der Waals surface area contributed by atoms with Crippen LogP contribution in [0.2, 0.25) is 0 Å². The molecule has 0 atom stereocenters. The lowest BCUT2D eigenvalue weighted by molar-refractivity contribution is -0.120. The first kappa shape index (κ1) is 20.6. The highest BCUT2D eigenvalue weighted by molar-refractivity contribution is 5.90. The van der Waals surface area contributed by atoms with Gasteiger partial charge in [0.25, 0.3) is 0 Å². The topological polar surface area (TPSA) is 53.9 Å². The van der Waals surface area contributed by atoms with E-state index in [0.29, 0.717) is 0 Å². The predicted molar refractivity (Wildman–Crippen MR) is 120 cm³/mol. The minimum atomic E-state index is -0.153. The van der Waals surface area contributed by atoms with Crippen LogP contribution in [0, 0.1) is 6.92 Å². The lowest BCUT2D eigenvalue weighted by Gasteiger charge is -2.41. The molecule has 5 heteroatoms. The number of methoxy groups -OCH3 is 1. The molecule has 152 valence electrons. The van der Waals surface area contributed by atoms with Crippen LogP contribution in [-0.2, 0) is 11.2 Å². The van der Waals surface area contributed by atoms with Gasteiger partial charge in [-0.05, 0) is 74.2 Å². The number of hydrogen-bond acceptors (Lipinski definition) is 4. The summed E-state index contributed by atoms with van der Waals surface area (Å²) in [5.41, 5.74) is 9.29. The Kier molecular flexibility index (Phi) is 5.78. The molecule has 5 nitrogen and oxygen atoms in total. The summed E-state index contributed by atoms with van der Waals surface area (Å²) < 4.78 is 5.13. The first-order valence-electron chi connectivity index (χ1n) is 9.74. The second kappa shape index (κ2) is 8.11. The van der Waals surface area contributed by atoms with E-state index in [1.54, 1.807) is 13.3 Å². The van der Waals surface area contributed by atoms with Crippen LogP contribution in [0.3, 0.4) is 0 Å². The van der Waals surface area contributed by atoms with Crippen molar-refractivity contribution < 1.29 is 9.53 Å². The molecule has 1 aliphatic heterocycles. The van der Waals surface area contributed by atoms with E-state index in [2.05, 4.69) is 68.4 Å². The zero-order chi connectivity index (χ0) is 21.2. The van der Waals surface area contributed by atoms with Crippen molar-refractivity contribution in [1.29, 1.82) is 0 Å². The highest BCUT2D eigenvalue weighted by Crippen LogP contribution is 2.38. The number of anilines is 1. The number of nitrogens with one attached hydrogen (secondary N) is 1. The third kappa shape index (κ3) is 4.50. The van der Waals surface area contributed by atoms with Gasteiger partial charge in [0.2, 0.25) is 5.91 Å². The van der Waals surface area contributed by atoms with E-state index in [1.807, 2.05) is 24.3 Å². The van der Waals surface area contributed by atoms with Crippen molar-refractivity contribution in [2.24, 2.45) is 5.10 Å². The Hall–Kier alpha value is -3.08. The van der Waals surface area contributed by atoms with E-state index in [9.17, 15) is 4.79 Å². The van der Waals surface area contributed by atoms with Gasteiger partial charge in [0.05, 0.1) is 25.3 Å². The van der Waals surface area contributed by atoms with E-state index in [0.717, 1.165) is 22.4 Å². The van der Waals surface area contributed by atoms with Crippen molar-refractivity contribution in [3.8, 4) is 5.75 Å². The Morgan fingerprint density at radius 3 is 2.55 bits per heavy atom.